The summed E-state index contributed by atoms with van der Waals surface area (Å²) in [7, 11) is 0. The van der Waals surface area contributed by atoms with E-state index in [1.54, 1.807) is 12.1 Å². The third-order valence-electron chi connectivity index (χ3n) is 2.59. The van der Waals surface area contributed by atoms with Crippen LogP contribution in [-0.4, -0.2) is 6.04 Å². The van der Waals surface area contributed by atoms with Gasteiger partial charge in [0.2, 0.25) is 0 Å². The van der Waals surface area contributed by atoms with Gasteiger partial charge in [-0.1, -0.05) is 12.1 Å². The van der Waals surface area contributed by atoms with Gasteiger partial charge in [-0.15, -0.1) is 0 Å². The summed E-state index contributed by atoms with van der Waals surface area (Å²) in [5, 5.41) is 8.55. The van der Waals surface area contributed by atoms with Crippen molar-refractivity contribution in [1.29, 1.82) is 5.26 Å². The monoisotopic (exact) mass is 205 g/mol. The molecule has 1 heterocycles. The molecule has 0 radical (unpaired) electrons. The summed E-state index contributed by atoms with van der Waals surface area (Å²) in [5.74, 6) is -0.224. The van der Waals surface area contributed by atoms with Gasteiger partial charge in [-0.2, -0.15) is 5.26 Å². The van der Waals surface area contributed by atoms with Gasteiger partial charge in [0.1, 0.15) is 5.82 Å². The summed E-state index contributed by atoms with van der Waals surface area (Å²) in [6.07, 6.45) is 1.35. The number of hydrogen-bond acceptors (Lipinski definition) is 3. The van der Waals surface area contributed by atoms with Crippen molar-refractivity contribution in [2.24, 2.45) is 0 Å². The van der Waals surface area contributed by atoms with Gasteiger partial charge in [0.25, 0.3) is 0 Å². The first-order valence-electron chi connectivity index (χ1n) is 4.93. The number of nitriles is 1. The molecule has 1 saturated heterocycles. The highest BCUT2D eigenvalue weighted by molar-refractivity contribution is 5.21. The van der Waals surface area contributed by atoms with Gasteiger partial charge >= 0.3 is 0 Å². The summed E-state index contributed by atoms with van der Waals surface area (Å²) >= 11 is 0. The Hall–Kier alpha value is -1.44. The van der Waals surface area contributed by atoms with Gasteiger partial charge in [-0.25, -0.2) is 9.82 Å². The molecular weight excluding hydrogens is 193 g/mol. The van der Waals surface area contributed by atoms with Gasteiger partial charge in [-0.3, -0.25) is 5.43 Å². The van der Waals surface area contributed by atoms with Crippen molar-refractivity contribution in [3.8, 4) is 6.07 Å². The number of rotatable bonds is 2. The van der Waals surface area contributed by atoms with Crippen LogP contribution in [0.15, 0.2) is 24.3 Å². The van der Waals surface area contributed by atoms with E-state index in [0.717, 1.165) is 12.0 Å². The Morgan fingerprint density at radius 3 is 2.73 bits per heavy atom. The number of nitrogens with zero attached hydrogens (tertiary/aromatic N) is 1. The van der Waals surface area contributed by atoms with E-state index in [1.165, 1.54) is 12.1 Å². The van der Waals surface area contributed by atoms with Crippen LogP contribution in [0, 0.1) is 17.1 Å². The molecule has 0 aromatic heterocycles. The summed E-state index contributed by atoms with van der Waals surface area (Å²) in [5.41, 5.74) is 7.20. The average molecular weight is 205 g/mol. The molecule has 2 rings (SSSR count). The van der Waals surface area contributed by atoms with Gasteiger partial charge in [-0.05, 0) is 24.1 Å². The van der Waals surface area contributed by atoms with Crippen LogP contribution in [0.5, 0.6) is 0 Å². The molecular formula is C11H12FN3. The van der Waals surface area contributed by atoms with Crippen LogP contribution in [0.1, 0.15) is 24.4 Å². The average Bonchev–Trinajstić information content (AvgIpc) is 2.68. The van der Waals surface area contributed by atoms with Gasteiger partial charge < -0.3 is 0 Å². The van der Waals surface area contributed by atoms with E-state index in [2.05, 4.69) is 16.9 Å². The maximum atomic E-state index is 12.7. The Morgan fingerprint density at radius 2 is 2.07 bits per heavy atom. The van der Waals surface area contributed by atoms with Crippen molar-refractivity contribution in [2.75, 3.05) is 0 Å². The number of hydrogen-bond donors (Lipinski definition) is 2. The number of halogens is 1. The van der Waals surface area contributed by atoms with E-state index in [4.69, 9.17) is 5.26 Å². The molecule has 0 saturated carbocycles. The molecule has 0 spiro atoms. The minimum atomic E-state index is -0.224. The molecule has 4 heteroatoms. The molecule has 0 bridgehead atoms. The van der Waals surface area contributed by atoms with Crippen LogP contribution >= 0.6 is 0 Å². The fourth-order valence-electron chi connectivity index (χ4n) is 1.78. The molecule has 1 aliphatic rings. The predicted octanol–water partition coefficient (Wildman–Crippen LogP) is 1.65. The lowest BCUT2D eigenvalue weighted by molar-refractivity contribution is 0.546. The standard InChI is InChI=1S/C11H12FN3/c12-9-3-1-8(2-4-9)11-7-10(5-6-13)14-15-11/h1-4,10-11,14-15H,5,7H2. The van der Waals surface area contributed by atoms with Crippen molar-refractivity contribution < 1.29 is 4.39 Å². The molecule has 2 unspecified atom stereocenters. The van der Waals surface area contributed by atoms with Crippen LogP contribution in [0.2, 0.25) is 0 Å². The lowest BCUT2D eigenvalue weighted by Crippen LogP contribution is -2.30. The maximum Gasteiger partial charge on any atom is 0.123 e. The lowest BCUT2D eigenvalue weighted by atomic mass is 10.0. The van der Waals surface area contributed by atoms with E-state index in [-0.39, 0.29) is 17.9 Å². The van der Waals surface area contributed by atoms with Crippen molar-refractivity contribution in [1.82, 2.24) is 10.9 Å². The number of nitrogens with one attached hydrogen (secondary N) is 2. The SMILES string of the molecule is N#CCC1CC(c2ccc(F)cc2)NN1. The highest BCUT2D eigenvalue weighted by Crippen LogP contribution is 2.23. The number of hydrazine groups is 1. The van der Waals surface area contributed by atoms with Crippen molar-refractivity contribution in [3.05, 3.63) is 35.6 Å². The minimum Gasteiger partial charge on any atom is -0.253 e. The second-order valence-corrected chi connectivity index (χ2v) is 3.69. The first-order valence-corrected chi connectivity index (χ1v) is 4.93. The van der Waals surface area contributed by atoms with Crippen LogP contribution in [0.4, 0.5) is 4.39 Å². The van der Waals surface area contributed by atoms with E-state index in [0.29, 0.717) is 6.42 Å². The molecule has 1 aromatic rings. The zero-order valence-corrected chi connectivity index (χ0v) is 8.20. The zero-order chi connectivity index (χ0) is 10.7. The maximum absolute atomic E-state index is 12.7. The largest absolute Gasteiger partial charge is 0.253 e. The predicted molar refractivity (Wildman–Crippen MR) is 54.0 cm³/mol. The molecule has 1 fully saturated rings. The van der Waals surface area contributed by atoms with Crippen LogP contribution < -0.4 is 10.9 Å². The second-order valence-electron chi connectivity index (χ2n) is 3.69. The van der Waals surface area contributed by atoms with Crippen molar-refractivity contribution in [3.63, 3.8) is 0 Å². The normalized spacial score (nSPS) is 25.1. The third kappa shape index (κ3) is 2.32. The van der Waals surface area contributed by atoms with Crippen LogP contribution in [0.25, 0.3) is 0 Å². The van der Waals surface area contributed by atoms with Crippen LogP contribution in [0.3, 0.4) is 0 Å². The van der Waals surface area contributed by atoms with E-state index >= 15 is 0 Å². The summed E-state index contributed by atoms with van der Waals surface area (Å²) in [6.45, 7) is 0. The Kier molecular flexibility index (Phi) is 2.95. The van der Waals surface area contributed by atoms with Crippen molar-refractivity contribution >= 4 is 0 Å². The Labute approximate surface area is 87.9 Å². The van der Waals surface area contributed by atoms with Gasteiger partial charge in [0.15, 0.2) is 0 Å². The highest BCUT2D eigenvalue weighted by atomic mass is 19.1. The summed E-state index contributed by atoms with van der Waals surface area (Å²) < 4.78 is 12.7. The topological polar surface area (TPSA) is 47.9 Å². The molecule has 78 valence electrons. The van der Waals surface area contributed by atoms with Crippen molar-refractivity contribution in [2.45, 2.75) is 24.9 Å². The zero-order valence-electron chi connectivity index (χ0n) is 8.20. The molecule has 0 aliphatic carbocycles. The number of benzene rings is 1. The molecule has 1 aliphatic heterocycles. The molecule has 0 amide bonds. The Balaban J connectivity index is 2.02. The molecule has 3 nitrogen and oxygen atoms in total. The quantitative estimate of drug-likeness (QED) is 0.771. The third-order valence-corrected chi connectivity index (χ3v) is 2.59. The first-order chi connectivity index (χ1) is 7.29. The smallest absolute Gasteiger partial charge is 0.123 e. The van der Waals surface area contributed by atoms with Crippen LogP contribution in [-0.2, 0) is 0 Å². The molecule has 1 aromatic carbocycles. The van der Waals surface area contributed by atoms with E-state index in [9.17, 15) is 4.39 Å². The van der Waals surface area contributed by atoms with Gasteiger partial charge in [0.05, 0.1) is 12.5 Å². The minimum absolute atomic E-state index is 0.170. The Morgan fingerprint density at radius 1 is 1.33 bits per heavy atom. The summed E-state index contributed by atoms with van der Waals surface area (Å²) in [6, 6.07) is 8.92. The first kappa shape index (κ1) is 10.1. The lowest BCUT2D eigenvalue weighted by Gasteiger charge is -2.08. The molecule has 15 heavy (non-hydrogen) atoms. The fraction of sp³-hybridized carbons (Fsp3) is 0.364. The molecule has 2 N–H and O–H groups in total. The second kappa shape index (κ2) is 4.39. The van der Waals surface area contributed by atoms with Gasteiger partial charge in [0, 0.05) is 12.1 Å². The van der Waals surface area contributed by atoms with E-state index < -0.39 is 0 Å². The summed E-state index contributed by atoms with van der Waals surface area (Å²) in [4.78, 5) is 0. The fourth-order valence-corrected chi connectivity index (χ4v) is 1.78. The van der Waals surface area contributed by atoms with E-state index in [1.807, 2.05) is 0 Å². The Bertz CT molecular complexity index is 368. The highest BCUT2D eigenvalue weighted by Gasteiger charge is 2.24. The molecule has 2 atom stereocenters.